The summed E-state index contributed by atoms with van der Waals surface area (Å²) in [5.74, 6) is 1.59. The Balaban J connectivity index is 1.51. The summed E-state index contributed by atoms with van der Waals surface area (Å²) in [7, 11) is -3.85. The highest BCUT2D eigenvalue weighted by Gasteiger charge is 2.17. The van der Waals surface area contributed by atoms with E-state index in [0.717, 1.165) is 6.07 Å². The Bertz CT molecular complexity index is 1320. The van der Waals surface area contributed by atoms with E-state index in [2.05, 4.69) is 14.7 Å². The summed E-state index contributed by atoms with van der Waals surface area (Å²) in [6, 6.07) is 15.4. The van der Waals surface area contributed by atoms with Gasteiger partial charge in [-0.05, 0) is 74.0 Å². The van der Waals surface area contributed by atoms with Crippen LogP contribution in [0, 0.1) is 19.7 Å². The number of halogens is 1. The number of aryl methyl sites for hydroxylation is 2. The number of hydrogen-bond acceptors (Lipinski definition) is 5. The topological polar surface area (TPSA) is 86.1 Å². The molecule has 4 rings (SSSR count). The molecule has 0 aliphatic carbocycles. The van der Waals surface area contributed by atoms with Crippen molar-refractivity contribution in [3.8, 4) is 17.4 Å². The molecule has 0 atom stereocenters. The van der Waals surface area contributed by atoms with Crippen molar-refractivity contribution in [3.63, 3.8) is 0 Å². The molecule has 0 amide bonds. The van der Waals surface area contributed by atoms with Gasteiger partial charge in [0.25, 0.3) is 10.0 Å². The average Bonchev–Trinajstić information content (AvgIpc) is 3.23. The zero-order valence-corrected chi connectivity index (χ0v) is 17.6. The minimum absolute atomic E-state index is 0.0169. The van der Waals surface area contributed by atoms with Gasteiger partial charge in [0, 0.05) is 24.1 Å². The van der Waals surface area contributed by atoms with Gasteiger partial charge < -0.3 is 9.30 Å². The first kappa shape index (κ1) is 20.5. The van der Waals surface area contributed by atoms with Gasteiger partial charge in [-0.1, -0.05) is 0 Å². The largest absolute Gasteiger partial charge is 0.439 e. The van der Waals surface area contributed by atoms with E-state index in [4.69, 9.17) is 4.74 Å². The summed E-state index contributed by atoms with van der Waals surface area (Å²) in [6.45, 7) is 3.31. The molecule has 4 aromatic rings. The first-order valence-electron chi connectivity index (χ1n) is 9.36. The normalized spacial score (nSPS) is 11.3. The first-order valence-corrected chi connectivity index (χ1v) is 10.8. The molecule has 0 spiro atoms. The second kappa shape index (κ2) is 8.19. The second-order valence-corrected chi connectivity index (χ2v) is 8.49. The van der Waals surface area contributed by atoms with Crippen molar-refractivity contribution in [2.75, 3.05) is 4.72 Å². The summed E-state index contributed by atoms with van der Waals surface area (Å²) in [4.78, 5) is 8.69. The van der Waals surface area contributed by atoms with Gasteiger partial charge in [0.05, 0.1) is 4.90 Å². The fourth-order valence-electron chi connectivity index (χ4n) is 3.03. The zero-order chi connectivity index (χ0) is 22.0. The predicted molar refractivity (Wildman–Crippen MR) is 115 cm³/mol. The van der Waals surface area contributed by atoms with E-state index >= 15 is 0 Å². The highest BCUT2D eigenvalue weighted by molar-refractivity contribution is 7.92. The fourth-order valence-corrected chi connectivity index (χ4v) is 4.32. The summed E-state index contributed by atoms with van der Waals surface area (Å²) in [6.07, 6.45) is 3.74. The summed E-state index contributed by atoms with van der Waals surface area (Å²) in [5.41, 5.74) is 0.674. The SMILES string of the molecule is Cc1nc(Oc2ccc(NS(=O)(=O)c3ccc(F)cc3C)cc2)cc(-n2cccc2)n1. The molecular formula is C22H19FN4O3S. The molecule has 0 aliphatic heterocycles. The Hall–Kier alpha value is -3.72. The number of aromatic nitrogens is 3. The van der Waals surface area contributed by atoms with E-state index < -0.39 is 15.8 Å². The lowest BCUT2D eigenvalue weighted by atomic mass is 10.2. The van der Waals surface area contributed by atoms with Gasteiger partial charge in [-0.25, -0.2) is 17.8 Å². The van der Waals surface area contributed by atoms with Crippen molar-refractivity contribution in [1.29, 1.82) is 0 Å². The zero-order valence-electron chi connectivity index (χ0n) is 16.8. The van der Waals surface area contributed by atoms with E-state index in [1.54, 1.807) is 44.2 Å². The van der Waals surface area contributed by atoms with Gasteiger partial charge in [-0.3, -0.25) is 4.72 Å². The number of sulfonamides is 1. The molecule has 9 heteroatoms. The van der Waals surface area contributed by atoms with Gasteiger partial charge >= 0.3 is 0 Å². The quantitative estimate of drug-likeness (QED) is 0.475. The lowest BCUT2D eigenvalue weighted by Gasteiger charge is -2.12. The lowest BCUT2D eigenvalue weighted by Crippen LogP contribution is -2.14. The average molecular weight is 438 g/mol. The van der Waals surface area contributed by atoms with Crippen molar-refractivity contribution < 1.29 is 17.5 Å². The van der Waals surface area contributed by atoms with Crippen LogP contribution in [0.15, 0.2) is 78.0 Å². The van der Waals surface area contributed by atoms with Crippen LogP contribution in [0.5, 0.6) is 11.6 Å². The lowest BCUT2D eigenvalue weighted by molar-refractivity contribution is 0.459. The molecule has 7 nitrogen and oxygen atoms in total. The van der Waals surface area contributed by atoms with Crippen molar-refractivity contribution in [3.05, 3.63) is 90.3 Å². The Morgan fingerprint density at radius 3 is 2.35 bits per heavy atom. The van der Waals surface area contributed by atoms with Crippen LogP contribution in [0.1, 0.15) is 11.4 Å². The monoisotopic (exact) mass is 438 g/mol. The number of ether oxygens (including phenoxy) is 1. The van der Waals surface area contributed by atoms with Crippen LogP contribution >= 0.6 is 0 Å². The smallest absolute Gasteiger partial charge is 0.262 e. The molecule has 31 heavy (non-hydrogen) atoms. The number of hydrogen-bond donors (Lipinski definition) is 1. The Morgan fingerprint density at radius 2 is 1.68 bits per heavy atom. The third-order valence-corrected chi connectivity index (χ3v) is 5.97. The molecule has 158 valence electrons. The van der Waals surface area contributed by atoms with Crippen LogP contribution in [0.2, 0.25) is 0 Å². The van der Waals surface area contributed by atoms with Gasteiger partial charge in [0.15, 0.2) is 0 Å². The number of nitrogens with one attached hydrogen (secondary N) is 1. The third kappa shape index (κ3) is 4.72. The van der Waals surface area contributed by atoms with Crippen LogP contribution < -0.4 is 9.46 Å². The Morgan fingerprint density at radius 1 is 0.968 bits per heavy atom. The van der Waals surface area contributed by atoms with Crippen LogP contribution in [-0.4, -0.2) is 23.0 Å². The van der Waals surface area contributed by atoms with Crippen LogP contribution in [-0.2, 0) is 10.0 Å². The van der Waals surface area contributed by atoms with E-state index in [-0.39, 0.29) is 4.90 Å². The van der Waals surface area contributed by atoms with Gasteiger partial charge in [0.1, 0.15) is 23.2 Å². The van der Waals surface area contributed by atoms with Crippen molar-refractivity contribution in [1.82, 2.24) is 14.5 Å². The van der Waals surface area contributed by atoms with Gasteiger partial charge in [0.2, 0.25) is 5.88 Å². The molecule has 2 heterocycles. The molecule has 2 aromatic carbocycles. The molecule has 1 N–H and O–H groups in total. The van der Waals surface area contributed by atoms with Gasteiger partial charge in [-0.15, -0.1) is 0 Å². The van der Waals surface area contributed by atoms with Crippen molar-refractivity contribution >= 4 is 15.7 Å². The summed E-state index contributed by atoms with van der Waals surface area (Å²) in [5, 5.41) is 0. The minimum Gasteiger partial charge on any atom is -0.439 e. The standard InChI is InChI=1S/C22H19FN4O3S/c1-15-13-17(23)5-10-20(15)31(28,29)26-18-6-8-19(9-7-18)30-22-14-21(24-16(2)25-22)27-11-3-4-12-27/h3-14,26H,1-2H3. The number of nitrogens with zero attached hydrogens (tertiary/aromatic N) is 3. The molecule has 0 saturated heterocycles. The maximum Gasteiger partial charge on any atom is 0.262 e. The maximum atomic E-state index is 13.3. The van der Waals surface area contributed by atoms with E-state index in [0.29, 0.717) is 34.5 Å². The highest BCUT2D eigenvalue weighted by atomic mass is 32.2. The van der Waals surface area contributed by atoms with Crippen molar-refractivity contribution in [2.45, 2.75) is 18.7 Å². The summed E-state index contributed by atoms with van der Waals surface area (Å²) < 4.78 is 48.7. The highest BCUT2D eigenvalue weighted by Crippen LogP contribution is 2.25. The van der Waals surface area contributed by atoms with E-state index in [9.17, 15) is 12.8 Å². The minimum atomic E-state index is -3.85. The number of benzene rings is 2. The second-order valence-electron chi connectivity index (χ2n) is 6.84. The molecule has 0 fully saturated rings. The maximum absolute atomic E-state index is 13.3. The third-order valence-electron chi connectivity index (χ3n) is 4.43. The number of rotatable bonds is 6. The molecule has 2 aromatic heterocycles. The Kier molecular flexibility index (Phi) is 5.43. The first-order chi connectivity index (χ1) is 14.8. The van der Waals surface area contributed by atoms with Crippen LogP contribution in [0.3, 0.4) is 0 Å². The predicted octanol–water partition coefficient (Wildman–Crippen LogP) is 4.62. The van der Waals surface area contributed by atoms with E-state index in [1.165, 1.54) is 12.1 Å². The fraction of sp³-hybridized carbons (Fsp3) is 0.0909. The van der Waals surface area contributed by atoms with Crippen LogP contribution in [0.25, 0.3) is 5.82 Å². The molecule has 0 aliphatic rings. The Labute approximate surface area is 179 Å². The molecule has 0 bridgehead atoms. The number of anilines is 1. The van der Waals surface area contributed by atoms with Crippen LogP contribution in [0.4, 0.5) is 10.1 Å². The van der Waals surface area contributed by atoms with Crippen molar-refractivity contribution in [2.24, 2.45) is 0 Å². The van der Waals surface area contributed by atoms with E-state index in [1.807, 2.05) is 29.1 Å². The molecule has 0 radical (unpaired) electrons. The molecular weight excluding hydrogens is 419 g/mol. The molecule has 0 unspecified atom stereocenters. The van der Waals surface area contributed by atoms with Gasteiger partial charge in [-0.2, -0.15) is 4.98 Å². The summed E-state index contributed by atoms with van der Waals surface area (Å²) >= 11 is 0. The molecule has 0 saturated carbocycles.